The average molecular weight is 343 g/mol. The summed E-state index contributed by atoms with van der Waals surface area (Å²) in [6.45, 7) is 10.8. The molecule has 134 valence electrons. The van der Waals surface area contributed by atoms with Crippen LogP contribution in [0.1, 0.15) is 38.1 Å². The van der Waals surface area contributed by atoms with Gasteiger partial charge in [-0.3, -0.25) is 9.59 Å². The van der Waals surface area contributed by atoms with Crippen LogP contribution in [0.4, 0.5) is 0 Å². The van der Waals surface area contributed by atoms with Crippen molar-refractivity contribution in [3.8, 4) is 0 Å². The predicted octanol–water partition coefficient (Wildman–Crippen LogP) is 1.78. The SMILES string of the molecule is CCn1nnc2cc(C(=O)N3CCN(C(=O)C(C)(C)C)CC3)ccc21. The molecule has 2 aromatic rings. The second-order valence-electron chi connectivity index (χ2n) is 7.44. The lowest BCUT2D eigenvalue weighted by atomic mass is 9.94. The zero-order chi connectivity index (χ0) is 18.2. The molecule has 3 rings (SSSR count). The minimum atomic E-state index is -0.387. The van der Waals surface area contributed by atoms with Crippen LogP contribution in [0.3, 0.4) is 0 Å². The molecule has 1 saturated heterocycles. The van der Waals surface area contributed by atoms with E-state index in [1.165, 1.54) is 0 Å². The minimum absolute atomic E-state index is 0.0178. The molecular formula is C18H25N5O2. The fourth-order valence-electron chi connectivity index (χ4n) is 3.11. The third kappa shape index (κ3) is 3.36. The van der Waals surface area contributed by atoms with Gasteiger partial charge in [-0.05, 0) is 25.1 Å². The van der Waals surface area contributed by atoms with Crippen LogP contribution in [-0.4, -0.2) is 62.8 Å². The summed E-state index contributed by atoms with van der Waals surface area (Å²) < 4.78 is 1.81. The molecule has 7 heteroatoms. The standard InChI is InChI=1S/C18H25N5O2/c1-5-23-15-7-6-13(12-14(15)19-20-23)16(24)21-8-10-22(11-9-21)17(25)18(2,3)4/h6-7,12H,5,8-11H2,1-4H3. The van der Waals surface area contributed by atoms with Crippen molar-refractivity contribution in [2.45, 2.75) is 34.2 Å². The number of amides is 2. The summed E-state index contributed by atoms with van der Waals surface area (Å²) in [5.41, 5.74) is 1.89. The number of aryl methyl sites for hydroxylation is 1. The van der Waals surface area contributed by atoms with Crippen LogP contribution in [0.5, 0.6) is 0 Å². The van der Waals surface area contributed by atoms with Gasteiger partial charge in [0.2, 0.25) is 5.91 Å². The summed E-state index contributed by atoms with van der Waals surface area (Å²) in [6.07, 6.45) is 0. The lowest BCUT2D eigenvalue weighted by Crippen LogP contribution is -2.53. The maximum Gasteiger partial charge on any atom is 0.254 e. The Kier molecular flexibility index (Phi) is 4.49. The highest BCUT2D eigenvalue weighted by Gasteiger charge is 2.31. The molecule has 0 aliphatic carbocycles. The quantitative estimate of drug-likeness (QED) is 0.833. The maximum absolute atomic E-state index is 12.8. The zero-order valence-corrected chi connectivity index (χ0v) is 15.3. The molecular weight excluding hydrogens is 318 g/mol. The van der Waals surface area contributed by atoms with E-state index in [1.807, 2.05) is 44.7 Å². The molecule has 2 heterocycles. The summed E-state index contributed by atoms with van der Waals surface area (Å²) in [5, 5.41) is 8.21. The van der Waals surface area contributed by atoms with E-state index >= 15 is 0 Å². The number of nitrogens with zero attached hydrogens (tertiary/aromatic N) is 5. The number of carbonyl (C=O) groups is 2. The molecule has 0 spiro atoms. The van der Waals surface area contributed by atoms with Crippen molar-refractivity contribution in [3.05, 3.63) is 23.8 Å². The van der Waals surface area contributed by atoms with Crippen molar-refractivity contribution in [1.82, 2.24) is 24.8 Å². The first-order chi connectivity index (χ1) is 11.8. The van der Waals surface area contributed by atoms with Gasteiger partial charge in [-0.25, -0.2) is 4.68 Å². The fourth-order valence-corrected chi connectivity index (χ4v) is 3.11. The molecule has 1 aliphatic rings. The van der Waals surface area contributed by atoms with Crippen molar-refractivity contribution in [2.24, 2.45) is 5.41 Å². The van der Waals surface area contributed by atoms with Crippen molar-refractivity contribution in [1.29, 1.82) is 0 Å². The number of carbonyl (C=O) groups excluding carboxylic acids is 2. The Morgan fingerprint density at radius 3 is 2.32 bits per heavy atom. The van der Waals surface area contributed by atoms with E-state index in [2.05, 4.69) is 10.3 Å². The van der Waals surface area contributed by atoms with E-state index in [4.69, 9.17) is 0 Å². The molecule has 1 aromatic heterocycles. The summed E-state index contributed by atoms with van der Waals surface area (Å²) in [7, 11) is 0. The monoisotopic (exact) mass is 343 g/mol. The molecule has 0 bridgehead atoms. The smallest absolute Gasteiger partial charge is 0.254 e. The third-order valence-corrected chi connectivity index (χ3v) is 4.56. The van der Waals surface area contributed by atoms with Crippen LogP contribution < -0.4 is 0 Å². The molecule has 25 heavy (non-hydrogen) atoms. The van der Waals surface area contributed by atoms with Gasteiger partial charge in [-0.2, -0.15) is 0 Å². The van der Waals surface area contributed by atoms with Crippen LogP contribution >= 0.6 is 0 Å². The van der Waals surface area contributed by atoms with Crippen LogP contribution in [0.25, 0.3) is 11.0 Å². The Morgan fingerprint density at radius 1 is 1.08 bits per heavy atom. The van der Waals surface area contributed by atoms with Crippen molar-refractivity contribution >= 4 is 22.8 Å². The number of hydrogen-bond acceptors (Lipinski definition) is 4. The van der Waals surface area contributed by atoms with Crippen LogP contribution in [0.15, 0.2) is 18.2 Å². The number of aromatic nitrogens is 3. The molecule has 0 unspecified atom stereocenters. The Hall–Kier alpha value is -2.44. The van der Waals surface area contributed by atoms with Gasteiger partial charge >= 0.3 is 0 Å². The van der Waals surface area contributed by atoms with Gasteiger partial charge in [-0.15, -0.1) is 5.10 Å². The molecule has 2 amide bonds. The highest BCUT2D eigenvalue weighted by Crippen LogP contribution is 2.20. The first-order valence-electron chi connectivity index (χ1n) is 8.73. The summed E-state index contributed by atoms with van der Waals surface area (Å²) >= 11 is 0. The number of benzene rings is 1. The molecule has 0 atom stereocenters. The second kappa shape index (κ2) is 6.46. The van der Waals surface area contributed by atoms with E-state index in [0.717, 1.165) is 17.6 Å². The molecule has 1 aliphatic heterocycles. The Morgan fingerprint density at radius 2 is 1.72 bits per heavy atom. The van der Waals surface area contributed by atoms with Crippen molar-refractivity contribution < 1.29 is 9.59 Å². The molecule has 1 aromatic carbocycles. The highest BCUT2D eigenvalue weighted by molar-refractivity contribution is 5.97. The Labute approximate surface area is 147 Å². The number of rotatable bonds is 2. The first-order valence-corrected chi connectivity index (χ1v) is 8.73. The van der Waals surface area contributed by atoms with Gasteiger partial charge in [-0.1, -0.05) is 26.0 Å². The molecule has 0 saturated carbocycles. The van der Waals surface area contributed by atoms with Gasteiger partial charge in [0.25, 0.3) is 5.91 Å². The topological polar surface area (TPSA) is 71.3 Å². The van der Waals surface area contributed by atoms with Gasteiger partial charge < -0.3 is 9.80 Å². The van der Waals surface area contributed by atoms with Crippen LogP contribution in [0, 0.1) is 5.41 Å². The van der Waals surface area contributed by atoms with E-state index < -0.39 is 0 Å². The van der Waals surface area contributed by atoms with Crippen LogP contribution in [-0.2, 0) is 11.3 Å². The van der Waals surface area contributed by atoms with Gasteiger partial charge in [0.05, 0.1) is 5.52 Å². The first kappa shape index (κ1) is 17.4. The van der Waals surface area contributed by atoms with E-state index in [-0.39, 0.29) is 17.2 Å². The Balaban J connectivity index is 1.69. The fraction of sp³-hybridized carbons (Fsp3) is 0.556. The van der Waals surface area contributed by atoms with Crippen LogP contribution in [0.2, 0.25) is 0 Å². The summed E-state index contributed by atoms with van der Waals surface area (Å²) in [5.74, 6) is 0.119. The van der Waals surface area contributed by atoms with Gasteiger partial charge in [0.1, 0.15) is 5.52 Å². The Bertz CT molecular complexity index is 797. The molecule has 0 N–H and O–H groups in total. The average Bonchev–Trinajstić information content (AvgIpc) is 3.02. The van der Waals surface area contributed by atoms with Gasteiger partial charge in [0, 0.05) is 43.7 Å². The lowest BCUT2D eigenvalue weighted by molar-refractivity contribution is -0.140. The predicted molar refractivity (Wildman–Crippen MR) is 95.1 cm³/mol. The normalized spacial score (nSPS) is 15.7. The molecule has 0 radical (unpaired) electrons. The zero-order valence-electron chi connectivity index (χ0n) is 15.3. The highest BCUT2D eigenvalue weighted by atomic mass is 16.2. The molecule has 7 nitrogen and oxygen atoms in total. The second-order valence-corrected chi connectivity index (χ2v) is 7.44. The largest absolute Gasteiger partial charge is 0.339 e. The van der Waals surface area contributed by atoms with Crippen molar-refractivity contribution in [3.63, 3.8) is 0 Å². The van der Waals surface area contributed by atoms with Gasteiger partial charge in [0.15, 0.2) is 0 Å². The maximum atomic E-state index is 12.8. The number of fused-ring (bicyclic) bond motifs is 1. The third-order valence-electron chi connectivity index (χ3n) is 4.56. The summed E-state index contributed by atoms with van der Waals surface area (Å²) in [4.78, 5) is 28.8. The van der Waals surface area contributed by atoms with Crippen molar-refractivity contribution in [2.75, 3.05) is 26.2 Å². The number of hydrogen-bond donors (Lipinski definition) is 0. The van der Waals surface area contributed by atoms with E-state index in [9.17, 15) is 9.59 Å². The molecule has 1 fully saturated rings. The minimum Gasteiger partial charge on any atom is -0.339 e. The van der Waals surface area contributed by atoms with E-state index in [0.29, 0.717) is 31.7 Å². The number of piperazine rings is 1. The lowest BCUT2D eigenvalue weighted by Gasteiger charge is -2.37. The summed E-state index contributed by atoms with van der Waals surface area (Å²) in [6, 6.07) is 5.52. The van der Waals surface area contributed by atoms with E-state index in [1.54, 1.807) is 15.6 Å².